The first-order valence-electron chi connectivity index (χ1n) is 5.99. The summed E-state index contributed by atoms with van der Waals surface area (Å²) in [7, 11) is -0.608. The highest BCUT2D eigenvalue weighted by atomic mass is 19.1. The highest BCUT2D eigenvalue weighted by Crippen LogP contribution is 2.36. The van der Waals surface area contributed by atoms with E-state index in [9.17, 15) is 9.50 Å². The van der Waals surface area contributed by atoms with Crippen molar-refractivity contribution >= 4 is 12.6 Å². The molecule has 0 amide bonds. The van der Waals surface area contributed by atoms with Gasteiger partial charge in [0.05, 0.1) is 11.2 Å². The number of hydrogen-bond acceptors (Lipinski definition) is 3. The minimum Gasteiger partial charge on any atom is -0.505 e. The molecule has 1 aliphatic rings. The predicted octanol–water partition coefficient (Wildman–Crippen LogP) is 2.14. The maximum Gasteiger partial charge on any atom is 0.494 e. The van der Waals surface area contributed by atoms with Crippen LogP contribution >= 0.6 is 0 Å². The van der Waals surface area contributed by atoms with E-state index in [-0.39, 0.29) is 5.75 Å². The van der Waals surface area contributed by atoms with Crippen molar-refractivity contribution in [2.24, 2.45) is 0 Å². The molecule has 1 fully saturated rings. The zero-order valence-corrected chi connectivity index (χ0v) is 11.4. The molecule has 1 aliphatic heterocycles. The monoisotopic (exact) mass is 252 g/mol. The summed E-state index contributed by atoms with van der Waals surface area (Å²) in [5.74, 6) is -0.977. The third kappa shape index (κ3) is 2.02. The lowest BCUT2D eigenvalue weighted by atomic mass is 9.78. The number of hydrogen-bond donors (Lipinski definition) is 1. The second kappa shape index (κ2) is 3.97. The largest absolute Gasteiger partial charge is 0.505 e. The molecule has 0 spiro atoms. The highest BCUT2D eigenvalue weighted by molar-refractivity contribution is 6.62. The molecule has 2 rings (SSSR count). The molecule has 0 bridgehead atoms. The van der Waals surface area contributed by atoms with E-state index < -0.39 is 24.1 Å². The Morgan fingerprint density at radius 1 is 1.11 bits per heavy atom. The van der Waals surface area contributed by atoms with Crippen molar-refractivity contribution in [1.82, 2.24) is 0 Å². The van der Waals surface area contributed by atoms with Crippen molar-refractivity contribution in [2.45, 2.75) is 45.8 Å². The van der Waals surface area contributed by atoms with E-state index in [0.29, 0.717) is 11.0 Å². The molecule has 3 nitrogen and oxygen atoms in total. The van der Waals surface area contributed by atoms with Crippen molar-refractivity contribution in [3.8, 4) is 5.75 Å². The fourth-order valence-electron chi connectivity index (χ4n) is 1.88. The molecule has 1 heterocycles. The number of phenols is 1. The van der Waals surface area contributed by atoms with Gasteiger partial charge in [-0.3, -0.25) is 0 Å². The first kappa shape index (κ1) is 13.4. The van der Waals surface area contributed by atoms with Crippen LogP contribution in [0.15, 0.2) is 12.1 Å². The van der Waals surface area contributed by atoms with Gasteiger partial charge in [0.15, 0.2) is 11.6 Å². The quantitative estimate of drug-likeness (QED) is 0.778. The Bertz CT molecular complexity index is 446. The first-order chi connectivity index (χ1) is 8.14. The minimum absolute atomic E-state index is 0.324. The van der Waals surface area contributed by atoms with Crippen LogP contribution in [0.4, 0.5) is 4.39 Å². The molecule has 1 N–H and O–H groups in total. The standard InChI is InChI=1S/C13H18BFO3/c1-8-6-9(7-10(15)11(8)16)14-17-12(2,3)13(4,5)18-14/h6-7,16H,1-5H3. The normalized spacial score (nSPS) is 21.3. The van der Waals surface area contributed by atoms with Gasteiger partial charge in [0.1, 0.15) is 0 Å². The Morgan fingerprint density at radius 3 is 2.06 bits per heavy atom. The van der Waals surface area contributed by atoms with Crippen molar-refractivity contribution in [2.75, 3.05) is 0 Å². The summed E-state index contributed by atoms with van der Waals surface area (Å²) in [4.78, 5) is 0. The van der Waals surface area contributed by atoms with E-state index in [2.05, 4.69) is 0 Å². The van der Waals surface area contributed by atoms with Gasteiger partial charge in [0.2, 0.25) is 0 Å². The molecule has 0 unspecified atom stereocenters. The second-order valence-electron chi connectivity index (χ2n) is 5.76. The molecule has 0 aliphatic carbocycles. The van der Waals surface area contributed by atoms with E-state index in [1.54, 1.807) is 13.0 Å². The van der Waals surface area contributed by atoms with Gasteiger partial charge < -0.3 is 14.4 Å². The van der Waals surface area contributed by atoms with E-state index >= 15 is 0 Å². The molecule has 0 atom stereocenters. The van der Waals surface area contributed by atoms with Gasteiger partial charge >= 0.3 is 7.12 Å². The molecule has 1 aromatic carbocycles. The number of phenolic OH excluding ortho intramolecular Hbond substituents is 1. The molecule has 98 valence electrons. The minimum atomic E-state index is -0.653. The topological polar surface area (TPSA) is 38.7 Å². The van der Waals surface area contributed by atoms with Crippen LogP contribution in [-0.2, 0) is 9.31 Å². The summed E-state index contributed by atoms with van der Waals surface area (Å²) in [5, 5.41) is 9.42. The van der Waals surface area contributed by atoms with Crippen molar-refractivity contribution in [3.63, 3.8) is 0 Å². The zero-order valence-electron chi connectivity index (χ0n) is 11.4. The van der Waals surface area contributed by atoms with Crippen LogP contribution in [-0.4, -0.2) is 23.4 Å². The molecule has 5 heteroatoms. The van der Waals surface area contributed by atoms with E-state index in [1.165, 1.54) is 6.07 Å². The second-order valence-corrected chi connectivity index (χ2v) is 5.76. The fourth-order valence-corrected chi connectivity index (χ4v) is 1.88. The molecule has 0 aromatic heterocycles. The number of halogens is 1. The molecule has 0 radical (unpaired) electrons. The number of aromatic hydroxyl groups is 1. The third-order valence-corrected chi connectivity index (χ3v) is 3.80. The summed E-state index contributed by atoms with van der Waals surface area (Å²) < 4.78 is 25.2. The van der Waals surface area contributed by atoms with Crippen LogP contribution in [0, 0.1) is 12.7 Å². The number of aryl methyl sites for hydroxylation is 1. The van der Waals surface area contributed by atoms with Gasteiger partial charge in [0, 0.05) is 0 Å². The molecule has 18 heavy (non-hydrogen) atoms. The lowest BCUT2D eigenvalue weighted by molar-refractivity contribution is 0.00578. The Balaban J connectivity index is 2.36. The third-order valence-electron chi connectivity index (χ3n) is 3.80. The molecular weight excluding hydrogens is 234 g/mol. The summed E-state index contributed by atoms with van der Waals surface area (Å²) in [6.45, 7) is 9.41. The van der Waals surface area contributed by atoms with E-state index in [4.69, 9.17) is 9.31 Å². The summed E-state index contributed by atoms with van der Waals surface area (Å²) >= 11 is 0. The SMILES string of the molecule is Cc1cc(B2OC(C)(C)C(C)(C)O2)cc(F)c1O. The fraction of sp³-hybridized carbons (Fsp3) is 0.538. The van der Waals surface area contributed by atoms with Crippen LogP contribution in [0.1, 0.15) is 33.3 Å². The van der Waals surface area contributed by atoms with Crippen LogP contribution in [0.5, 0.6) is 5.75 Å². The smallest absolute Gasteiger partial charge is 0.494 e. The average molecular weight is 252 g/mol. The maximum atomic E-state index is 13.5. The Kier molecular flexibility index (Phi) is 2.95. The van der Waals surface area contributed by atoms with Crippen molar-refractivity contribution in [1.29, 1.82) is 0 Å². The zero-order chi connectivity index (χ0) is 13.7. The van der Waals surface area contributed by atoms with E-state index in [0.717, 1.165) is 0 Å². The highest BCUT2D eigenvalue weighted by Gasteiger charge is 2.51. The number of rotatable bonds is 1. The Labute approximate surface area is 107 Å². The van der Waals surface area contributed by atoms with Gasteiger partial charge in [-0.15, -0.1) is 0 Å². The lowest BCUT2D eigenvalue weighted by Crippen LogP contribution is -2.41. The van der Waals surface area contributed by atoms with Crippen LogP contribution in [0.25, 0.3) is 0 Å². The predicted molar refractivity (Wildman–Crippen MR) is 68.5 cm³/mol. The van der Waals surface area contributed by atoms with Gasteiger partial charge in [-0.25, -0.2) is 4.39 Å². The van der Waals surface area contributed by atoms with Gasteiger partial charge in [-0.2, -0.15) is 0 Å². The van der Waals surface area contributed by atoms with E-state index in [1.807, 2.05) is 27.7 Å². The maximum absolute atomic E-state index is 13.5. The molecule has 0 saturated carbocycles. The Hall–Kier alpha value is -1.07. The van der Waals surface area contributed by atoms with Crippen LogP contribution in [0.2, 0.25) is 0 Å². The van der Waals surface area contributed by atoms with Crippen LogP contribution in [0.3, 0.4) is 0 Å². The molecular formula is C13H18BFO3. The van der Waals surface area contributed by atoms with Crippen LogP contribution < -0.4 is 5.46 Å². The summed E-state index contributed by atoms with van der Waals surface area (Å²) in [5.41, 5.74) is 0.140. The van der Waals surface area contributed by atoms with Crippen molar-refractivity contribution in [3.05, 3.63) is 23.5 Å². The Morgan fingerprint density at radius 2 is 1.61 bits per heavy atom. The summed E-state index contributed by atoms with van der Waals surface area (Å²) in [6.07, 6.45) is 0. The average Bonchev–Trinajstić information content (AvgIpc) is 2.44. The first-order valence-corrected chi connectivity index (χ1v) is 5.99. The summed E-state index contributed by atoms with van der Waals surface area (Å²) in [6, 6.07) is 2.94. The van der Waals surface area contributed by atoms with Gasteiger partial charge in [0.25, 0.3) is 0 Å². The van der Waals surface area contributed by atoms with Gasteiger partial charge in [-0.1, -0.05) is 6.07 Å². The lowest BCUT2D eigenvalue weighted by Gasteiger charge is -2.32. The molecule has 1 aromatic rings. The number of benzene rings is 1. The van der Waals surface area contributed by atoms with Crippen molar-refractivity contribution < 1.29 is 18.8 Å². The molecule has 1 saturated heterocycles. The van der Waals surface area contributed by atoms with Gasteiger partial charge in [-0.05, 0) is 51.7 Å².